The number of nitrogens with zero attached hydrogens (tertiary/aromatic N) is 5. The molecule has 192 valence electrons. The highest BCUT2D eigenvalue weighted by Gasteiger charge is 2.62. The fraction of sp³-hybridized carbons (Fsp3) is 0.321. The second-order valence-electron chi connectivity index (χ2n) is 9.59. The minimum atomic E-state index is -1.48. The number of benzene rings is 2. The molecule has 0 aliphatic carbocycles. The lowest BCUT2D eigenvalue weighted by Gasteiger charge is -2.36. The van der Waals surface area contributed by atoms with Crippen LogP contribution in [-0.2, 0) is 15.4 Å². The Hall–Kier alpha value is -4.14. The monoisotopic (exact) mass is 504 g/mol. The summed E-state index contributed by atoms with van der Waals surface area (Å²) in [5.41, 5.74) is 3.03. The van der Waals surface area contributed by atoms with Crippen molar-refractivity contribution in [3.8, 4) is 5.75 Å². The number of hydrogen-bond donors (Lipinski definition) is 0. The van der Waals surface area contributed by atoms with Crippen LogP contribution in [0.25, 0.3) is 6.08 Å². The summed E-state index contributed by atoms with van der Waals surface area (Å²) in [5.74, 6) is 0.512. The SMILES string of the molecule is C=[N+](C)C(C)=CN(C)c1ccc(C=C2CCCN3C2=NOC32C(=O)N(C)c3c(F)cccc32)cc1OC. The molecule has 8 nitrogen and oxygen atoms in total. The molecule has 1 fully saturated rings. The van der Waals surface area contributed by atoms with E-state index in [1.54, 1.807) is 30.9 Å². The van der Waals surface area contributed by atoms with Gasteiger partial charge in [0.2, 0.25) is 0 Å². The summed E-state index contributed by atoms with van der Waals surface area (Å²) in [6.07, 6.45) is 5.61. The molecule has 2 aromatic rings. The lowest BCUT2D eigenvalue weighted by Crippen LogP contribution is -2.54. The number of amidine groups is 1. The number of rotatable bonds is 5. The van der Waals surface area contributed by atoms with Gasteiger partial charge >= 0.3 is 5.72 Å². The molecular weight excluding hydrogens is 473 g/mol. The number of hydrogen-bond acceptors (Lipinski definition) is 6. The average molecular weight is 505 g/mol. The van der Waals surface area contributed by atoms with Crippen LogP contribution in [-0.4, -0.2) is 62.7 Å². The smallest absolute Gasteiger partial charge is 0.318 e. The van der Waals surface area contributed by atoms with E-state index in [2.05, 4.69) is 11.9 Å². The van der Waals surface area contributed by atoms with E-state index in [0.29, 0.717) is 17.9 Å². The van der Waals surface area contributed by atoms with Crippen LogP contribution in [0.2, 0.25) is 0 Å². The van der Waals surface area contributed by atoms with Crippen LogP contribution in [0.15, 0.2) is 59.0 Å². The molecule has 37 heavy (non-hydrogen) atoms. The zero-order valence-electron chi connectivity index (χ0n) is 21.8. The van der Waals surface area contributed by atoms with Gasteiger partial charge in [0.1, 0.15) is 25.3 Å². The van der Waals surface area contributed by atoms with Gasteiger partial charge in [-0.25, -0.2) is 8.97 Å². The summed E-state index contributed by atoms with van der Waals surface area (Å²) >= 11 is 0. The Kier molecular flexibility index (Phi) is 6.01. The lowest BCUT2D eigenvalue weighted by molar-refractivity contribution is -0.433. The van der Waals surface area contributed by atoms with Crippen LogP contribution in [0, 0.1) is 5.82 Å². The van der Waals surface area contributed by atoms with Crippen molar-refractivity contribution >= 4 is 35.9 Å². The van der Waals surface area contributed by atoms with E-state index in [-0.39, 0.29) is 11.6 Å². The zero-order valence-corrected chi connectivity index (χ0v) is 21.8. The molecule has 5 rings (SSSR count). The van der Waals surface area contributed by atoms with E-state index in [4.69, 9.17) is 9.57 Å². The Morgan fingerprint density at radius 2 is 2.14 bits per heavy atom. The average Bonchev–Trinajstić information content (AvgIpc) is 3.38. The number of carbonyl (C=O) groups is 1. The minimum absolute atomic E-state index is 0.235. The fourth-order valence-electron chi connectivity index (χ4n) is 5.18. The first-order valence-corrected chi connectivity index (χ1v) is 12.1. The van der Waals surface area contributed by atoms with Crippen LogP contribution >= 0.6 is 0 Å². The molecule has 0 bridgehead atoms. The van der Waals surface area contributed by atoms with Gasteiger partial charge in [0.25, 0.3) is 5.91 Å². The van der Waals surface area contributed by atoms with Gasteiger partial charge in [-0.2, -0.15) is 0 Å². The molecule has 3 aliphatic rings. The van der Waals surface area contributed by atoms with Crippen molar-refractivity contribution in [2.24, 2.45) is 5.16 Å². The molecule has 2 aromatic carbocycles. The molecule has 0 N–H and O–H groups in total. The van der Waals surface area contributed by atoms with Crippen molar-refractivity contribution in [1.29, 1.82) is 0 Å². The van der Waals surface area contributed by atoms with Crippen LogP contribution in [0.4, 0.5) is 15.8 Å². The van der Waals surface area contributed by atoms with Crippen molar-refractivity contribution < 1.29 is 23.3 Å². The Bertz CT molecular complexity index is 1400. The van der Waals surface area contributed by atoms with Crippen molar-refractivity contribution in [2.45, 2.75) is 25.5 Å². The largest absolute Gasteiger partial charge is 0.495 e. The summed E-state index contributed by atoms with van der Waals surface area (Å²) in [7, 11) is 7.07. The number of anilines is 2. The van der Waals surface area contributed by atoms with Gasteiger partial charge in [0.05, 0.1) is 30.2 Å². The Labute approximate surface area is 216 Å². The highest BCUT2D eigenvalue weighted by Crippen LogP contribution is 2.50. The number of carbonyl (C=O) groups excluding carboxylic acids is 1. The zero-order chi connectivity index (χ0) is 26.5. The number of allylic oxidation sites excluding steroid dienone is 1. The van der Waals surface area contributed by atoms with Crippen molar-refractivity contribution in [3.63, 3.8) is 0 Å². The molecular formula is C28H31FN5O3+. The van der Waals surface area contributed by atoms with Crippen molar-refractivity contribution in [2.75, 3.05) is 44.6 Å². The number of likely N-dealkylation sites (N-methyl/N-ethyl adjacent to an activating group) is 1. The predicted octanol–water partition coefficient (Wildman–Crippen LogP) is 4.13. The third-order valence-electron chi connectivity index (χ3n) is 7.20. The number of fused-ring (bicyclic) bond motifs is 4. The van der Waals surface area contributed by atoms with E-state index in [1.807, 2.05) is 61.3 Å². The number of piperidine rings is 1. The van der Waals surface area contributed by atoms with E-state index < -0.39 is 11.5 Å². The van der Waals surface area contributed by atoms with Crippen LogP contribution in [0.1, 0.15) is 30.9 Å². The van der Waals surface area contributed by atoms with E-state index in [9.17, 15) is 9.18 Å². The first-order valence-electron chi connectivity index (χ1n) is 12.1. The van der Waals surface area contributed by atoms with Gasteiger partial charge in [0.15, 0.2) is 11.5 Å². The van der Waals surface area contributed by atoms with Gasteiger partial charge in [-0.3, -0.25) is 4.79 Å². The van der Waals surface area contributed by atoms with Crippen LogP contribution in [0.5, 0.6) is 5.75 Å². The van der Waals surface area contributed by atoms with Gasteiger partial charge in [0, 0.05) is 27.6 Å². The molecule has 9 heteroatoms. The van der Waals surface area contributed by atoms with Gasteiger partial charge < -0.3 is 24.3 Å². The fourth-order valence-corrected chi connectivity index (χ4v) is 5.18. The summed E-state index contributed by atoms with van der Waals surface area (Å²) in [4.78, 5) is 24.5. The summed E-state index contributed by atoms with van der Waals surface area (Å²) in [6, 6.07) is 10.7. The first-order chi connectivity index (χ1) is 17.7. The molecule has 1 saturated heterocycles. The highest BCUT2D eigenvalue weighted by atomic mass is 19.1. The number of amides is 1. The first kappa shape index (κ1) is 24.5. The third-order valence-corrected chi connectivity index (χ3v) is 7.20. The van der Waals surface area contributed by atoms with Crippen molar-refractivity contribution in [1.82, 2.24) is 4.90 Å². The van der Waals surface area contributed by atoms with E-state index in [1.165, 1.54) is 11.0 Å². The molecule has 0 aromatic heterocycles. The van der Waals surface area contributed by atoms with Gasteiger partial charge in [-0.1, -0.05) is 23.4 Å². The Balaban J connectivity index is 1.48. The standard InChI is InChI=1S/C28H31FN5O3/c1-18(31(2)3)17-32(4)23-13-12-19(16-24(23)36-6)15-20-9-8-14-34-26(20)30-37-28(34)21-10-7-11-22(29)25(21)33(5)27(28)35/h7,10-13,15-17H,2,8-9,14H2,1,3-6H3/q+1. The quantitative estimate of drug-likeness (QED) is 0.453. The second-order valence-corrected chi connectivity index (χ2v) is 9.59. The Morgan fingerprint density at radius 3 is 2.86 bits per heavy atom. The molecule has 3 aliphatic heterocycles. The number of ether oxygens (including phenoxy) is 1. The summed E-state index contributed by atoms with van der Waals surface area (Å²) in [5, 5.41) is 4.37. The van der Waals surface area contributed by atoms with Crippen molar-refractivity contribution in [3.05, 3.63) is 70.8 Å². The minimum Gasteiger partial charge on any atom is -0.495 e. The highest BCUT2D eigenvalue weighted by molar-refractivity contribution is 6.12. The topological polar surface area (TPSA) is 60.6 Å². The van der Waals surface area contributed by atoms with E-state index in [0.717, 1.165) is 41.1 Å². The predicted molar refractivity (Wildman–Crippen MR) is 142 cm³/mol. The summed E-state index contributed by atoms with van der Waals surface area (Å²) in [6.45, 7) is 6.48. The maximum absolute atomic E-state index is 14.7. The normalized spacial score (nSPS) is 21.7. The molecule has 1 amide bonds. The number of para-hydroxylation sites is 1. The van der Waals surface area contributed by atoms with Crippen LogP contribution in [0.3, 0.4) is 0 Å². The number of halogens is 1. The maximum Gasteiger partial charge on any atom is 0.318 e. The molecule has 1 unspecified atom stereocenters. The third kappa shape index (κ3) is 3.77. The molecule has 3 heterocycles. The second kappa shape index (κ2) is 9.06. The number of oxime groups is 1. The summed E-state index contributed by atoms with van der Waals surface area (Å²) < 4.78 is 22.2. The van der Waals surface area contributed by atoms with Gasteiger partial charge in [-0.05, 0) is 48.3 Å². The number of methoxy groups -OCH3 is 1. The molecule has 0 saturated carbocycles. The van der Waals surface area contributed by atoms with Crippen LogP contribution < -0.4 is 14.5 Å². The lowest BCUT2D eigenvalue weighted by atomic mass is 9.95. The molecule has 1 atom stereocenters. The van der Waals surface area contributed by atoms with Gasteiger partial charge in [-0.15, -0.1) is 0 Å². The molecule has 1 spiro atoms. The maximum atomic E-state index is 14.7. The Morgan fingerprint density at radius 1 is 1.35 bits per heavy atom. The van der Waals surface area contributed by atoms with E-state index >= 15 is 0 Å². The molecule has 0 radical (unpaired) electrons.